The number of aliphatic carboxylic acids is 1. The molecule has 7 nitrogen and oxygen atoms in total. The Kier molecular flexibility index (Phi) is 7.15. The third-order valence-electron chi connectivity index (χ3n) is 7.30. The van der Waals surface area contributed by atoms with E-state index >= 15 is 0 Å². The van der Waals surface area contributed by atoms with Crippen LogP contribution in [0.1, 0.15) is 63.5 Å². The summed E-state index contributed by atoms with van der Waals surface area (Å²) in [4.78, 5) is 39.7. The number of benzene rings is 2. The van der Waals surface area contributed by atoms with Gasteiger partial charge in [-0.2, -0.15) is 0 Å². The van der Waals surface area contributed by atoms with Crippen LogP contribution in [0.2, 0.25) is 0 Å². The molecule has 186 valence electrons. The molecule has 4 rings (SSSR count). The average Bonchev–Trinajstić information content (AvgIpc) is 3.14. The van der Waals surface area contributed by atoms with Crippen LogP contribution in [0.4, 0.5) is 4.79 Å². The van der Waals surface area contributed by atoms with Crippen molar-refractivity contribution in [1.82, 2.24) is 10.2 Å². The van der Waals surface area contributed by atoms with E-state index < -0.39 is 29.6 Å². The zero-order valence-corrected chi connectivity index (χ0v) is 20.6. The Balaban J connectivity index is 1.45. The van der Waals surface area contributed by atoms with Gasteiger partial charge in [-0.25, -0.2) is 9.59 Å². The van der Waals surface area contributed by atoms with Crippen LogP contribution in [0.5, 0.6) is 0 Å². The largest absolute Gasteiger partial charge is 0.480 e. The first-order valence-corrected chi connectivity index (χ1v) is 12.4. The number of amides is 2. The maximum Gasteiger partial charge on any atom is 0.407 e. The second-order valence-electron chi connectivity index (χ2n) is 10.2. The first kappa shape index (κ1) is 24.8. The minimum absolute atomic E-state index is 0.0761. The Morgan fingerprint density at radius 3 is 2.26 bits per heavy atom. The molecule has 0 saturated carbocycles. The fourth-order valence-corrected chi connectivity index (χ4v) is 5.63. The molecule has 2 atom stereocenters. The van der Waals surface area contributed by atoms with Crippen LogP contribution in [-0.2, 0) is 14.3 Å². The first-order valence-electron chi connectivity index (χ1n) is 12.4. The number of carbonyl (C=O) groups is 3. The van der Waals surface area contributed by atoms with E-state index in [1.807, 2.05) is 45.0 Å². The lowest BCUT2D eigenvalue weighted by molar-refractivity contribution is -0.159. The summed E-state index contributed by atoms with van der Waals surface area (Å²) in [6.45, 7) is 6.19. The fourth-order valence-electron chi connectivity index (χ4n) is 5.63. The molecule has 1 aliphatic heterocycles. The minimum Gasteiger partial charge on any atom is -0.480 e. The van der Waals surface area contributed by atoms with Gasteiger partial charge in [0.15, 0.2) is 0 Å². The number of hydrogen-bond donors (Lipinski definition) is 2. The van der Waals surface area contributed by atoms with Gasteiger partial charge in [0.1, 0.15) is 18.7 Å². The van der Waals surface area contributed by atoms with Crippen molar-refractivity contribution in [2.24, 2.45) is 5.41 Å². The van der Waals surface area contributed by atoms with Gasteiger partial charge in [0.2, 0.25) is 5.91 Å². The van der Waals surface area contributed by atoms with Gasteiger partial charge in [-0.1, -0.05) is 75.7 Å². The molecule has 2 N–H and O–H groups in total. The molecule has 7 heteroatoms. The summed E-state index contributed by atoms with van der Waals surface area (Å²) in [7, 11) is 0. The molecule has 35 heavy (non-hydrogen) atoms. The molecular formula is C28H34N2O5. The number of carboxylic acids is 1. The van der Waals surface area contributed by atoms with E-state index in [9.17, 15) is 19.5 Å². The summed E-state index contributed by atoms with van der Waals surface area (Å²) in [5.74, 6) is -1.45. The van der Waals surface area contributed by atoms with Crippen molar-refractivity contribution in [2.45, 2.75) is 64.5 Å². The minimum atomic E-state index is -1.01. The van der Waals surface area contributed by atoms with E-state index in [-0.39, 0.29) is 18.4 Å². The molecule has 2 aromatic carbocycles. The van der Waals surface area contributed by atoms with Crippen molar-refractivity contribution in [1.29, 1.82) is 0 Å². The highest BCUT2D eigenvalue weighted by atomic mass is 16.5. The highest BCUT2D eigenvalue weighted by Gasteiger charge is 2.46. The number of rotatable bonds is 7. The number of likely N-dealkylation sites (tertiary alicyclic amines) is 1. The summed E-state index contributed by atoms with van der Waals surface area (Å²) >= 11 is 0. The van der Waals surface area contributed by atoms with Gasteiger partial charge in [-0.3, -0.25) is 4.79 Å². The molecule has 0 radical (unpaired) electrons. The van der Waals surface area contributed by atoms with E-state index in [1.165, 1.54) is 4.90 Å². The molecule has 1 unspecified atom stereocenters. The second kappa shape index (κ2) is 10.1. The Morgan fingerprint density at radius 2 is 1.69 bits per heavy atom. The topological polar surface area (TPSA) is 95.9 Å². The Bertz CT molecular complexity index is 1070. The lowest BCUT2D eigenvalue weighted by atomic mass is 9.76. The standard InChI is InChI=1S/C28H34N2O5/c1-4-10-23(25(31)30-16-9-15-28(2,3)24(30)26(32)33)29-27(34)35-17-22-20-13-7-5-11-18(20)19-12-6-8-14-21(19)22/h5-8,11-14,22-24H,4,9-10,15-17H2,1-3H3,(H,29,34)(H,32,33)/t23-,24?/m1/s1. The van der Waals surface area contributed by atoms with Crippen molar-refractivity contribution in [3.63, 3.8) is 0 Å². The average molecular weight is 479 g/mol. The SMILES string of the molecule is CCC[C@@H](NC(=O)OCC1c2ccccc2-c2ccccc21)C(=O)N1CCCC(C)(C)C1C(=O)O. The van der Waals surface area contributed by atoms with E-state index in [2.05, 4.69) is 29.6 Å². The van der Waals surface area contributed by atoms with Crippen molar-refractivity contribution in [3.05, 3.63) is 59.7 Å². The van der Waals surface area contributed by atoms with Crippen molar-refractivity contribution in [2.75, 3.05) is 13.2 Å². The normalized spacial score (nSPS) is 19.4. The van der Waals surface area contributed by atoms with Crippen molar-refractivity contribution < 1.29 is 24.2 Å². The van der Waals surface area contributed by atoms with Gasteiger partial charge in [-0.15, -0.1) is 0 Å². The van der Waals surface area contributed by atoms with E-state index in [0.717, 1.165) is 35.1 Å². The first-order chi connectivity index (χ1) is 16.7. The van der Waals surface area contributed by atoms with Crippen LogP contribution in [0.15, 0.2) is 48.5 Å². The molecule has 0 spiro atoms. The van der Waals surface area contributed by atoms with Crippen LogP contribution in [0.25, 0.3) is 11.1 Å². The number of piperidine rings is 1. The van der Waals surface area contributed by atoms with Crippen LogP contribution < -0.4 is 5.32 Å². The number of fused-ring (bicyclic) bond motifs is 3. The van der Waals surface area contributed by atoms with Gasteiger partial charge < -0.3 is 20.1 Å². The Hall–Kier alpha value is -3.35. The molecule has 1 saturated heterocycles. The molecule has 2 aromatic rings. The van der Waals surface area contributed by atoms with Crippen molar-refractivity contribution >= 4 is 18.0 Å². The van der Waals surface area contributed by atoms with Crippen LogP contribution >= 0.6 is 0 Å². The van der Waals surface area contributed by atoms with Gasteiger partial charge in [0.25, 0.3) is 0 Å². The Morgan fingerprint density at radius 1 is 1.09 bits per heavy atom. The molecule has 0 bridgehead atoms. The third kappa shape index (κ3) is 4.90. The monoisotopic (exact) mass is 478 g/mol. The number of carbonyl (C=O) groups excluding carboxylic acids is 2. The fraction of sp³-hybridized carbons (Fsp3) is 0.464. The summed E-state index contributed by atoms with van der Waals surface area (Å²) in [5, 5.41) is 12.6. The summed E-state index contributed by atoms with van der Waals surface area (Å²) in [6, 6.07) is 14.5. The highest BCUT2D eigenvalue weighted by Crippen LogP contribution is 2.44. The summed E-state index contributed by atoms with van der Waals surface area (Å²) in [5.41, 5.74) is 3.97. The van der Waals surface area contributed by atoms with E-state index in [4.69, 9.17) is 4.74 Å². The van der Waals surface area contributed by atoms with Crippen LogP contribution in [0, 0.1) is 5.41 Å². The van der Waals surface area contributed by atoms with Gasteiger partial charge >= 0.3 is 12.1 Å². The zero-order chi connectivity index (χ0) is 25.2. The number of nitrogens with one attached hydrogen (secondary N) is 1. The molecule has 0 aromatic heterocycles. The smallest absolute Gasteiger partial charge is 0.407 e. The number of ether oxygens (including phenoxy) is 1. The van der Waals surface area contributed by atoms with Gasteiger partial charge in [0, 0.05) is 12.5 Å². The zero-order valence-electron chi connectivity index (χ0n) is 20.6. The summed E-state index contributed by atoms with van der Waals surface area (Å²) in [6.07, 6.45) is 1.86. The molecule has 1 fully saturated rings. The number of alkyl carbamates (subject to hydrolysis) is 1. The predicted octanol–water partition coefficient (Wildman–Crippen LogP) is 4.80. The maximum atomic E-state index is 13.4. The van der Waals surface area contributed by atoms with Gasteiger partial charge in [-0.05, 0) is 46.9 Å². The predicted molar refractivity (Wildman–Crippen MR) is 133 cm³/mol. The lowest BCUT2D eigenvalue weighted by Crippen LogP contribution is -2.60. The molecule has 2 aliphatic rings. The quantitative estimate of drug-likeness (QED) is 0.596. The molecular weight excluding hydrogens is 444 g/mol. The molecule has 2 amide bonds. The van der Waals surface area contributed by atoms with Gasteiger partial charge in [0.05, 0.1) is 0 Å². The number of hydrogen-bond acceptors (Lipinski definition) is 4. The van der Waals surface area contributed by atoms with Crippen molar-refractivity contribution in [3.8, 4) is 11.1 Å². The van der Waals surface area contributed by atoms with Crippen LogP contribution in [0.3, 0.4) is 0 Å². The maximum absolute atomic E-state index is 13.4. The van der Waals surface area contributed by atoms with E-state index in [0.29, 0.717) is 19.4 Å². The second-order valence-corrected chi connectivity index (χ2v) is 10.2. The van der Waals surface area contributed by atoms with E-state index in [1.54, 1.807) is 0 Å². The summed E-state index contributed by atoms with van der Waals surface area (Å²) < 4.78 is 5.63. The highest BCUT2D eigenvalue weighted by molar-refractivity contribution is 5.90. The lowest BCUT2D eigenvalue weighted by Gasteiger charge is -2.45. The van der Waals surface area contributed by atoms with Crippen LogP contribution in [-0.4, -0.2) is 53.2 Å². The number of carboxylic acid groups (broad SMARTS) is 1. The Labute approximate surface area is 206 Å². The molecule has 1 heterocycles. The molecule has 1 aliphatic carbocycles. The number of nitrogens with zero attached hydrogens (tertiary/aromatic N) is 1. The third-order valence-corrected chi connectivity index (χ3v) is 7.30.